The minimum Gasteiger partial charge on any atom is -0.494 e. The number of hydrogen-bond donors (Lipinski definition) is 2. The third kappa shape index (κ3) is 6.04. The van der Waals surface area contributed by atoms with Gasteiger partial charge in [-0.15, -0.1) is 0 Å². The van der Waals surface area contributed by atoms with Crippen LogP contribution in [0.25, 0.3) is 0 Å². The predicted molar refractivity (Wildman–Crippen MR) is 101 cm³/mol. The molecule has 0 aliphatic heterocycles. The molecule has 1 aliphatic rings. The molecule has 1 amide bonds. The number of ether oxygens (including phenoxy) is 1. The molecule has 1 atom stereocenters. The number of rotatable bonds is 8. The van der Waals surface area contributed by atoms with Gasteiger partial charge in [-0.1, -0.05) is 26.0 Å². The molecule has 0 radical (unpaired) electrons. The number of carboxylic acids is 1. The van der Waals surface area contributed by atoms with Crippen molar-refractivity contribution in [2.75, 3.05) is 6.61 Å². The summed E-state index contributed by atoms with van der Waals surface area (Å²) in [5, 5.41) is 12.1. The van der Waals surface area contributed by atoms with E-state index >= 15 is 0 Å². The lowest BCUT2D eigenvalue weighted by Gasteiger charge is -2.26. The second kappa shape index (κ2) is 9.60. The van der Waals surface area contributed by atoms with Crippen molar-refractivity contribution in [1.82, 2.24) is 5.32 Å². The number of nitrogens with one attached hydrogen (secondary N) is 1. The van der Waals surface area contributed by atoms with E-state index in [4.69, 9.17) is 9.84 Å². The highest BCUT2D eigenvalue weighted by atomic mass is 16.5. The van der Waals surface area contributed by atoms with Crippen molar-refractivity contribution in [1.29, 1.82) is 0 Å². The molecule has 0 aromatic heterocycles. The number of amides is 1. The van der Waals surface area contributed by atoms with Gasteiger partial charge in [0, 0.05) is 5.92 Å². The van der Waals surface area contributed by atoms with Crippen molar-refractivity contribution >= 4 is 11.9 Å². The van der Waals surface area contributed by atoms with E-state index in [1.807, 2.05) is 31.2 Å². The topological polar surface area (TPSA) is 75.6 Å². The average Bonchev–Trinajstić information content (AvgIpc) is 2.62. The molecule has 1 unspecified atom stereocenters. The Bertz CT molecular complexity index is 589. The molecule has 2 N–H and O–H groups in total. The summed E-state index contributed by atoms with van der Waals surface area (Å²) in [6, 6.07) is 7.77. The minimum absolute atomic E-state index is 0.0265. The first-order chi connectivity index (χ1) is 12.4. The van der Waals surface area contributed by atoms with Crippen LogP contribution in [0.5, 0.6) is 5.75 Å². The van der Waals surface area contributed by atoms with Crippen molar-refractivity contribution in [3.05, 3.63) is 29.8 Å². The molecule has 5 heteroatoms. The Kier molecular flexibility index (Phi) is 7.49. The summed E-state index contributed by atoms with van der Waals surface area (Å²) in [4.78, 5) is 23.5. The number of aliphatic carboxylic acids is 1. The monoisotopic (exact) mass is 361 g/mol. The Labute approximate surface area is 156 Å². The molecule has 0 saturated heterocycles. The van der Waals surface area contributed by atoms with Gasteiger partial charge in [0.05, 0.1) is 18.6 Å². The highest BCUT2D eigenvalue weighted by Crippen LogP contribution is 2.29. The van der Waals surface area contributed by atoms with E-state index in [1.165, 1.54) is 0 Å². The molecule has 0 heterocycles. The summed E-state index contributed by atoms with van der Waals surface area (Å²) in [5.74, 6) is 0.382. The maximum absolute atomic E-state index is 12.4. The lowest BCUT2D eigenvalue weighted by atomic mass is 9.81. The molecule has 1 aromatic rings. The van der Waals surface area contributed by atoms with E-state index in [2.05, 4.69) is 19.2 Å². The van der Waals surface area contributed by atoms with E-state index < -0.39 is 5.97 Å². The molecule has 0 bridgehead atoms. The summed E-state index contributed by atoms with van der Waals surface area (Å²) in [6.45, 7) is 7.02. The van der Waals surface area contributed by atoms with Gasteiger partial charge in [0.1, 0.15) is 5.75 Å². The standard InChI is InChI=1S/C21H31NO4/c1-14(2)12-13-26-19-10-8-16(9-11-19)15(3)22-20(23)17-4-6-18(7-5-17)21(24)25/h8-11,14-15,17-18H,4-7,12-13H2,1-3H3,(H,22,23)(H,24,25). The minimum atomic E-state index is -0.743. The van der Waals surface area contributed by atoms with Gasteiger partial charge < -0.3 is 15.2 Å². The van der Waals surface area contributed by atoms with Crippen molar-refractivity contribution in [2.45, 2.75) is 58.9 Å². The highest BCUT2D eigenvalue weighted by molar-refractivity contribution is 5.79. The van der Waals surface area contributed by atoms with E-state index in [0.29, 0.717) is 38.2 Å². The lowest BCUT2D eigenvalue weighted by molar-refractivity contribution is -0.144. The van der Waals surface area contributed by atoms with E-state index in [1.54, 1.807) is 0 Å². The van der Waals surface area contributed by atoms with Gasteiger partial charge >= 0.3 is 5.97 Å². The molecular weight excluding hydrogens is 330 g/mol. The summed E-state index contributed by atoms with van der Waals surface area (Å²) >= 11 is 0. The molecule has 0 spiro atoms. The molecule has 1 fully saturated rings. The lowest BCUT2D eigenvalue weighted by Crippen LogP contribution is -2.35. The third-order valence-electron chi connectivity index (χ3n) is 5.15. The maximum Gasteiger partial charge on any atom is 0.306 e. The average molecular weight is 361 g/mol. The quantitative estimate of drug-likeness (QED) is 0.728. The Balaban J connectivity index is 1.80. The number of carbonyl (C=O) groups excluding carboxylic acids is 1. The van der Waals surface area contributed by atoms with Crippen molar-refractivity contribution in [2.24, 2.45) is 17.8 Å². The van der Waals surface area contributed by atoms with Gasteiger partial charge in [-0.2, -0.15) is 0 Å². The van der Waals surface area contributed by atoms with Crippen LogP contribution in [-0.2, 0) is 9.59 Å². The first kappa shape index (κ1) is 20.3. The van der Waals surface area contributed by atoms with Crippen LogP contribution in [0, 0.1) is 17.8 Å². The zero-order chi connectivity index (χ0) is 19.1. The van der Waals surface area contributed by atoms with Crippen LogP contribution in [0.15, 0.2) is 24.3 Å². The van der Waals surface area contributed by atoms with E-state index in [9.17, 15) is 9.59 Å². The predicted octanol–water partition coefficient (Wildman–Crippen LogP) is 4.18. The van der Waals surface area contributed by atoms with E-state index in [-0.39, 0.29) is 23.8 Å². The van der Waals surface area contributed by atoms with Crippen molar-refractivity contribution in [3.8, 4) is 5.75 Å². The van der Waals surface area contributed by atoms with Gasteiger partial charge in [-0.05, 0) is 62.6 Å². The largest absolute Gasteiger partial charge is 0.494 e. The van der Waals surface area contributed by atoms with Crippen LogP contribution in [0.2, 0.25) is 0 Å². The Morgan fingerprint density at radius 2 is 1.65 bits per heavy atom. The summed E-state index contributed by atoms with van der Waals surface area (Å²) in [5.41, 5.74) is 1.04. The van der Waals surface area contributed by atoms with Gasteiger partial charge in [0.15, 0.2) is 0 Å². The molecule has 5 nitrogen and oxygen atoms in total. The van der Waals surface area contributed by atoms with Crippen molar-refractivity contribution in [3.63, 3.8) is 0 Å². The fourth-order valence-corrected chi connectivity index (χ4v) is 3.28. The first-order valence-corrected chi connectivity index (χ1v) is 9.62. The molecule has 26 heavy (non-hydrogen) atoms. The van der Waals surface area contributed by atoms with Gasteiger partial charge in [0.2, 0.25) is 5.91 Å². The molecule has 1 aliphatic carbocycles. The molecule has 1 aromatic carbocycles. The smallest absolute Gasteiger partial charge is 0.306 e. The summed E-state index contributed by atoms with van der Waals surface area (Å²) in [7, 11) is 0. The molecule has 144 valence electrons. The van der Waals surface area contributed by atoms with Gasteiger partial charge in [-0.25, -0.2) is 0 Å². The number of carbonyl (C=O) groups is 2. The van der Waals surface area contributed by atoms with Gasteiger partial charge in [0.25, 0.3) is 0 Å². The second-order valence-corrected chi connectivity index (χ2v) is 7.72. The maximum atomic E-state index is 12.4. The van der Waals surface area contributed by atoms with Crippen LogP contribution in [0.3, 0.4) is 0 Å². The molecule has 2 rings (SSSR count). The Hall–Kier alpha value is -2.04. The van der Waals surface area contributed by atoms with Crippen LogP contribution < -0.4 is 10.1 Å². The zero-order valence-electron chi connectivity index (χ0n) is 16.0. The first-order valence-electron chi connectivity index (χ1n) is 9.62. The van der Waals surface area contributed by atoms with Crippen LogP contribution >= 0.6 is 0 Å². The number of benzene rings is 1. The number of hydrogen-bond acceptors (Lipinski definition) is 3. The second-order valence-electron chi connectivity index (χ2n) is 7.72. The molecule has 1 saturated carbocycles. The van der Waals surface area contributed by atoms with Crippen LogP contribution in [0.1, 0.15) is 64.5 Å². The fourth-order valence-electron chi connectivity index (χ4n) is 3.28. The van der Waals surface area contributed by atoms with Crippen LogP contribution in [0.4, 0.5) is 0 Å². The zero-order valence-corrected chi connectivity index (χ0v) is 16.0. The Morgan fingerprint density at radius 3 is 2.19 bits per heavy atom. The Morgan fingerprint density at radius 1 is 1.08 bits per heavy atom. The SMILES string of the molecule is CC(C)CCOc1ccc(C(C)NC(=O)C2CCC(C(=O)O)CC2)cc1. The molecular formula is C21H31NO4. The summed E-state index contributed by atoms with van der Waals surface area (Å²) in [6.07, 6.45) is 3.50. The van der Waals surface area contributed by atoms with Crippen molar-refractivity contribution < 1.29 is 19.4 Å². The fraction of sp³-hybridized carbons (Fsp3) is 0.619. The normalized spacial score (nSPS) is 21.2. The summed E-state index contributed by atoms with van der Waals surface area (Å²) < 4.78 is 5.72. The third-order valence-corrected chi connectivity index (χ3v) is 5.15. The van der Waals surface area contributed by atoms with Gasteiger partial charge in [-0.3, -0.25) is 9.59 Å². The van der Waals surface area contributed by atoms with E-state index in [0.717, 1.165) is 17.7 Å². The highest BCUT2D eigenvalue weighted by Gasteiger charge is 2.30. The number of carboxylic acid groups (broad SMARTS) is 1. The van der Waals surface area contributed by atoms with Crippen LogP contribution in [-0.4, -0.2) is 23.6 Å².